The zero-order valence-electron chi connectivity index (χ0n) is 24.8. The van der Waals surface area contributed by atoms with E-state index < -0.39 is 29.4 Å². The van der Waals surface area contributed by atoms with Gasteiger partial charge in [0.15, 0.2) is 5.60 Å². The number of hydrogen-bond acceptors (Lipinski definition) is 6. The zero-order valence-corrected chi connectivity index (χ0v) is 24.8. The first-order valence-corrected chi connectivity index (χ1v) is 14.6. The number of para-hydroxylation sites is 1. The predicted molar refractivity (Wildman–Crippen MR) is 159 cm³/mol. The van der Waals surface area contributed by atoms with Gasteiger partial charge in [-0.1, -0.05) is 31.2 Å². The van der Waals surface area contributed by atoms with Gasteiger partial charge in [-0.15, -0.1) is 0 Å². The second-order valence-corrected chi connectivity index (χ2v) is 11.5. The molecular formula is C33H36FN3O6. The van der Waals surface area contributed by atoms with Crippen LogP contribution >= 0.6 is 0 Å². The Bertz CT molecular complexity index is 1550. The number of fused-ring (bicyclic) bond motifs is 1. The molecule has 1 aromatic heterocycles. The molecule has 2 aliphatic rings. The molecule has 2 amide bonds. The van der Waals surface area contributed by atoms with E-state index in [9.17, 15) is 14.4 Å². The number of aryl methyl sites for hydroxylation is 1. The Morgan fingerprint density at radius 2 is 1.88 bits per heavy atom. The Hall–Kier alpha value is -4.47. The SMILES string of the molecule is CCc1cnc2c(c1)N(C1CCN(C(=O)c3ccc(-c4ccccc4O[C@H](C)CC(=O)O)cc3F)CC1)C(=O)C(C)(C)O2. The standard InChI is InChI=1S/C33H36FN3O6/c1-5-21-17-27-30(35-19-21)43-33(3,4)32(41)37(27)23-12-14-36(15-13-23)31(40)25-11-10-22(18-26(25)34)24-8-6-7-9-28(24)42-20(2)16-29(38)39/h6-11,17-20,23H,5,12-16H2,1-4H3,(H,38,39)/t20-/m1/s1. The molecule has 9 nitrogen and oxygen atoms in total. The molecule has 1 saturated heterocycles. The predicted octanol–water partition coefficient (Wildman–Crippen LogP) is 5.50. The largest absolute Gasteiger partial charge is 0.489 e. The van der Waals surface area contributed by atoms with Gasteiger partial charge >= 0.3 is 5.97 Å². The molecule has 0 spiro atoms. The van der Waals surface area contributed by atoms with E-state index in [2.05, 4.69) is 4.98 Å². The fraction of sp³-hybridized carbons (Fsp3) is 0.394. The highest BCUT2D eigenvalue weighted by Crippen LogP contribution is 2.40. The number of piperidine rings is 1. The third-order valence-electron chi connectivity index (χ3n) is 7.95. The van der Waals surface area contributed by atoms with E-state index >= 15 is 4.39 Å². The lowest BCUT2D eigenvalue weighted by molar-refractivity contribution is -0.138. The van der Waals surface area contributed by atoms with Crippen molar-refractivity contribution in [2.75, 3.05) is 18.0 Å². The number of amides is 2. The number of aliphatic carboxylic acids is 1. The van der Waals surface area contributed by atoms with Crippen molar-refractivity contribution in [1.29, 1.82) is 0 Å². The fourth-order valence-electron chi connectivity index (χ4n) is 5.64. The van der Waals surface area contributed by atoms with Crippen molar-refractivity contribution < 1.29 is 33.4 Å². The van der Waals surface area contributed by atoms with E-state index in [0.29, 0.717) is 54.4 Å². The van der Waals surface area contributed by atoms with Gasteiger partial charge in [0.25, 0.3) is 11.8 Å². The summed E-state index contributed by atoms with van der Waals surface area (Å²) in [6, 6.07) is 13.2. The number of aromatic nitrogens is 1. The van der Waals surface area contributed by atoms with Gasteiger partial charge < -0.3 is 24.4 Å². The molecule has 3 heterocycles. The van der Waals surface area contributed by atoms with Crippen LogP contribution in [0.1, 0.15) is 62.9 Å². The van der Waals surface area contributed by atoms with E-state index in [0.717, 1.165) is 12.0 Å². The summed E-state index contributed by atoms with van der Waals surface area (Å²) in [6.45, 7) is 7.87. The highest BCUT2D eigenvalue weighted by molar-refractivity contribution is 6.02. The maximum Gasteiger partial charge on any atom is 0.307 e. The summed E-state index contributed by atoms with van der Waals surface area (Å²) >= 11 is 0. The lowest BCUT2D eigenvalue weighted by atomic mass is 9.96. The van der Waals surface area contributed by atoms with Crippen LogP contribution in [0.25, 0.3) is 11.1 Å². The number of halogens is 1. The van der Waals surface area contributed by atoms with Crippen molar-refractivity contribution in [2.24, 2.45) is 0 Å². The summed E-state index contributed by atoms with van der Waals surface area (Å²) in [5.41, 5.74) is 1.65. The number of carboxylic acids is 1. The number of carbonyl (C=O) groups is 3. The Labute approximate surface area is 250 Å². The monoisotopic (exact) mass is 589 g/mol. The van der Waals surface area contributed by atoms with E-state index in [-0.39, 0.29) is 23.9 Å². The quantitative estimate of drug-likeness (QED) is 0.370. The van der Waals surface area contributed by atoms with Crippen LogP contribution in [0.4, 0.5) is 10.1 Å². The number of carboxylic acid groups (broad SMARTS) is 1. The van der Waals surface area contributed by atoms with Gasteiger partial charge in [0, 0.05) is 30.9 Å². The Balaban J connectivity index is 1.30. The van der Waals surface area contributed by atoms with E-state index in [1.54, 1.807) is 67.1 Å². The number of rotatable bonds is 8. The molecule has 43 heavy (non-hydrogen) atoms. The minimum atomic E-state index is -1.07. The third-order valence-corrected chi connectivity index (χ3v) is 7.95. The summed E-state index contributed by atoms with van der Waals surface area (Å²) in [6.07, 6.45) is 2.84. The van der Waals surface area contributed by atoms with Gasteiger partial charge in [0.05, 0.1) is 12.0 Å². The van der Waals surface area contributed by atoms with Crippen molar-refractivity contribution in [2.45, 2.75) is 71.1 Å². The number of anilines is 1. The number of benzene rings is 2. The molecule has 3 aromatic rings. The molecule has 0 radical (unpaired) electrons. The van der Waals surface area contributed by atoms with Crippen LogP contribution in [0.5, 0.6) is 11.6 Å². The molecule has 1 fully saturated rings. The molecule has 2 aromatic carbocycles. The molecule has 1 N–H and O–H groups in total. The summed E-state index contributed by atoms with van der Waals surface area (Å²) in [5.74, 6) is -1.34. The van der Waals surface area contributed by atoms with Crippen LogP contribution in [-0.4, -0.2) is 63.6 Å². The first kappa shape index (κ1) is 30.0. The average Bonchev–Trinajstić information content (AvgIpc) is 2.97. The van der Waals surface area contributed by atoms with Gasteiger partial charge in [-0.05, 0) is 75.4 Å². The van der Waals surface area contributed by atoms with Crippen molar-refractivity contribution in [3.8, 4) is 22.8 Å². The highest BCUT2D eigenvalue weighted by atomic mass is 19.1. The lowest BCUT2D eigenvalue weighted by Gasteiger charge is -2.44. The Kier molecular flexibility index (Phi) is 8.39. The van der Waals surface area contributed by atoms with Gasteiger partial charge in [0.1, 0.15) is 23.4 Å². The number of carbonyl (C=O) groups excluding carboxylic acids is 2. The molecule has 2 aliphatic heterocycles. The first-order chi connectivity index (χ1) is 20.5. The van der Waals surface area contributed by atoms with E-state index in [4.69, 9.17) is 14.6 Å². The number of ether oxygens (including phenoxy) is 2. The smallest absolute Gasteiger partial charge is 0.307 e. The molecule has 5 rings (SSSR count). The third kappa shape index (κ3) is 6.18. The number of likely N-dealkylation sites (tertiary alicyclic amines) is 1. The van der Waals surface area contributed by atoms with Gasteiger partial charge in [-0.25, -0.2) is 9.37 Å². The fourth-order valence-corrected chi connectivity index (χ4v) is 5.64. The second-order valence-electron chi connectivity index (χ2n) is 11.5. The minimum absolute atomic E-state index is 0.0365. The molecular weight excluding hydrogens is 553 g/mol. The van der Waals surface area contributed by atoms with Crippen molar-refractivity contribution in [3.63, 3.8) is 0 Å². The van der Waals surface area contributed by atoms with Crippen LogP contribution in [-0.2, 0) is 16.0 Å². The number of pyridine rings is 1. The van der Waals surface area contributed by atoms with Crippen LogP contribution in [0.2, 0.25) is 0 Å². The Morgan fingerprint density at radius 3 is 2.56 bits per heavy atom. The summed E-state index contributed by atoms with van der Waals surface area (Å²) < 4.78 is 27.2. The average molecular weight is 590 g/mol. The van der Waals surface area contributed by atoms with Crippen molar-refractivity contribution >= 4 is 23.5 Å². The topological polar surface area (TPSA) is 109 Å². The molecule has 1 atom stereocenters. The van der Waals surface area contributed by atoms with Crippen LogP contribution < -0.4 is 14.4 Å². The maximum absolute atomic E-state index is 15.4. The van der Waals surface area contributed by atoms with Crippen molar-refractivity contribution in [3.05, 3.63) is 71.7 Å². The molecule has 10 heteroatoms. The highest BCUT2D eigenvalue weighted by Gasteiger charge is 2.45. The molecule has 0 saturated carbocycles. The molecule has 0 aliphatic carbocycles. The maximum atomic E-state index is 15.4. The van der Waals surface area contributed by atoms with E-state index in [1.807, 2.05) is 13.0 Å². The number of nitrogens with zero attached hydrogens (tertiary/aromatic N) is 3. The van der Waals surface area contributed by atoms with Crippen LogP contribution in [0.15, 0.2) is 54.7 Å². The van der Waals surface area contributed by atoms with Gasteiger partial charge in [-0.3, -0.25) is 14.4 Å². The molecule has 0 bridgehead atoms. The normalized spacial score (nSPS) is 17.2. The van der Waals surface area contributed by atoms with E-state index in [1.165, 1.54) is 12.1 Å². The van der Waals surface area contributed by atoms with Gasteiger partial charge in [-0.2, -0.15) is 0 Å². The summed E-state index contributed by atoms with van der Waals surface area (Å²) in [5, 5.41) is 9.06. The van der Waals surface area contributed by atoms with Crippen LogP contribution in [0.3, 0.4) is 0 Å². The number of hydrogen-bond donors (Lipinski definition) is 1. The van der Waals surface area contributed by atoms with Crippen LogP contribution in [0, 0.1) is 5.82 Å². The Morgan fingerprint density at radius 1 is 1.16 bits per heavy atom. The molecule has 0 unspecified atom stereocenters. The second kappa shape index (κ2) is 12.0. The van der Waals surface area contributed by atoms with Crippen molar-refractivity contribution in [1.82, 2.24) is 9.88 Å². The first-order valence-electron chi connectivity index (χ1n) is 14.6. The van der Waals surface area contributed by atoms with Gasteiger partial charge in [0.2, 0.25) is 5.88 Å². The lowest BCUT2D eigenvalue weighted by Crippen LogP contribution is -2.58. The minimum Gasteiger partial charge on any atom is -0.489 e. The summed E-state index contributed by atoms with van der Waals surface area (Å²) in [7, 11) is 0. The zero-order chi connectivity index (χ0) is 30.9. The summed E-state index contributed by atoms with van der Waals surface area (Å²) in [4.78, 5) is 45.8. The molecule has 226 valence electrons.